The largest absolute Gasteiger partial charge is 0.469 e. The molecule has 0 aliphatic carbocycles. The van der Waals surface area contributed by atoms with Gasteiger partial charge in [0.25, 0.3) is 0 Å². The van der Waals surface area contributed by atoms with Crippen LogP contribution in [0, 0.1) is 11.8 Å². The summed E-state index contributed by atoms with van der Waals surface area (Å²) in [6, 6.07) is 0. The summed E-state index contributed by atoms with van der Waals surface area (Å²) in [6.45, 7) is 8.62. The zero-order chi connectivity index (χ0) is 14.6. The van der Waals surface area contributed by atoms with Gasteiger partial charge in [0, 0.05) is 13.1 Å². The van der Waals surface area contributed by atoms with Crippen LogP contribution in [0.2, 0.25) is 0 Å². The molecule has 1 heterocycles. The number of methoxy groups -OCH3 is 1. The predicted octanol–water partition coefficient (Wildman–Crippen LogP) is 2.44. The third kappa shape index (κ3) is 4.73. The molecule has 0 saturated carbocycles. The van der Waals surface area contributed by atoms with E-state index in [0.29, 0.717) is 19.0 Å². The molecule has 110 valence electrons. The lowest BCUT2D eigenvalue weighted by molar-refractivity contribution is -0.147. The highest BCUT2D eigenvalue weighted by molar-refractivity contribution is 5.75. The number of likely N-dealkylation sites (tertiary alicyclic amines) is 1. The first-order valence-corrected chi connectivity index (χ1v) is 6.82. The third-order valence-corrected chi connectivity index (χ3v) is 3.30. The fraction of sp³-hybridized carbons (Fsp3) is 0.857. The van der Waals surface area contributed by atoms with Crippen LogP contribution in [0.25, 0.3) is 0 Å². The molecule has 5 nitrogen and oxygen atoms in total. The number of rotatable bonds is 2. The summed E-state index contributed by atoms with van der Waals surface area (Å²) >= 11 is 0. The number of ether oxygens (including phenoxy) is 2. The summed E-state index contributed by atoms with van der Waals surface area (Å²) in [5.74, 6) is -0.159. The van der Waals surface area contributed by atoms with Crippen LogP contribution in [-0.2, 0) is 14.3 Å². The number of esters is 1. The Balaban J connectivity index is 2.71. The summed E-state index contributed by atoms with van der Waals surface area (Å²) in [5, 5.41) is 0. The quantitative estimate of drug-likeness (QED) is 0.724. The maximum atomic E-state index is 12.1. The normalized spacial score (nSPS) is 23.9. The van der Waals surface area contributed by atoms with Crippen molar-refractivity contribution < 1.29 is 19.1 Å². The molecule has 1 aliphatic heterocycles. The van der Waals surface area contributed by atoms with Gasteiger partial charge in [-0.25, -0.2) is 4.79 Å². The van der Waals surface area contributed by atoms with Crippen LogP contribution < -0.4 is 0 Å². The molecule has 1 fully saturated rings. The molecule has 1 amide bonds. The molecule has 1 aliphatic rings. The van der Waals surface area contributed by atoms with E-state index in [0.717, 1.165) is 12.8 Å². The molecule has 0 aromatic carbocycles. The summed E-state index contributed by atoms with van der Waals surface area (Å²) in [7, 11) is 1.38. The first-order chi connectivity index (χ1) is 8.76. The van der Waals surface area contributed by atoms with E-state index >= 15 is 0 Å². The fourth-order valence-electron chi connectivity index (χ4n) is 2.31. The SMILES string of the molecule is CC[C@@H]1C[C@@H](C(=O)OC)CN(C(=O)OC(C)(C)C)C1. The number of piperidine rings is 1. The van der Waals surface area contributed by atoms with Crippen LogP contribution in [0.1, 0.15) is 40.5 Å². The van der Waals surface area contributed by atoms with Gasteiger partial charge in [-0.05, 0) is 33.1 Å². The molecule has 2 atom stereocenters. The molecule has 0 aromatic heterocycles. The molecular formula is C14H25NO4. The highest BCUT2D eigenvalue weighted by Crippen LogP contribution is 2.26. The minimum Gasteiger partial charge on any atom is -0.469 e. The molecule has 19 heavy (non-hydrogen) atoms. The second-order valence-corrected chi connectivity index (χ2v) is 6.12. The maximum absolute atomic E-state index is 12.1. The van der Waals surface area contributed by atoms with Crippen molar-refractivity contribution in [3.05, 3.63) is 0 Å². The summed E-state index contributed by atoms with van der Waals surface area (Å²) in [5.41, 5.74) is -0.517. The van der Waals surface area contributed by atoms with Gasteiger partial charge in [0.15, 0.2) is 0 Å². The van der Waals surface area contributed by atoms with E-state index in [9.17, 15) is 9.59 Å². The second-order valence-electron chi connectivity index (χ2n) is 6.12. The van der Waals surface area contributed by atoms with Crippen molar-refractivity contribution in [2.75, 3.05) is 20.2 Å². The fourth-order valence-corrected chi connectivity index (χ4v) is 2.31. The molecule has 0 N–H and O–H groups in total. The van der Waals surface area contributed by atoms with Gasteiger partial charge in [0.2, 0.25) is 0 Å². The lowest BCUT2D eigenvalue weighted by Gasteiger charge is -2.37. The Bertz CT molecular complexity index is 335. The molecule has 0 radical (unpaired) electrons. The zero-order valence-corrected chi connectivity index (χ0v) is 12.6. The molecule has 1 rings (SSSR count). The van der Waals surface area contributed by atoms with E-state index in [2.05, 4.69) is 6.92 Å². The molecule has 0 aromatic rings. The minimum absolute atomic E-state index is 0.240. The van der Waals surface area contributed by atoms with Crippen LogP contribution in [0.4, 0.5) is 4.79 Å². The number of carbonyl (C=O) groups is 2. The molecule has 0 spiro atoms. The van der Waals surface area contributed by atoms with E-state index in [1.54, 1.807) is 4.90 Å². The summed E-state index contributed by atoms with van der Waals surface area (Å²) in [4.78, 5) is 25.4. The van der Waals surface area contributed by atoms with Crippen LogP contribution in [-0.4, -0.2) is 42.8 Å². The van der Waals surface area contributed by atoms with Gasteiger partial charge in [-0.15, -0.1) is 0 Å². The zero-order valence-electron chi connectivity index (χ0n) is 12.6. The smallest absolute Gasteiger partial charge is 0.410 e. The molecule has 0 bridgehead atoms. The minimum atomic E-state index is -0.517. The van der Waals surface area contributed by atoms with E-state index in [1.807, 2.05) is 20.8 Å². The van der Waals surface area contributed by atoms with Gasteiger partial charge >= 0.3 is 12.1 Å². The molecule has 0 unspecified atom stereocenters. The van der Waals surface area contributed by atoms with Crippen molar-refractivity contribution in [2.45, 2.75) is 46.1 Å². The Morgan fingerprint density at radius 1 is 1.26 bits per heavy atom. The van der Waals surface area contributed by atoms with Crippen molar-refractivity contribution in [3.8, 4) is 0 Å². The van der Waals surface area contributed by atoms with Gasteiger partial charge in [-0.3, -0.25) is 4.79 Å². The predicted molar refractivity (Wildman–Crippen MR) is 71.7 cm³/mol. The van der Waals surface area contributed by atoms with E-state index in [1.165, 1.54) is 7.11 Å². The average Bonchev–Trinajstić information content (AvgIpc) is 2.35. The van der Waals surface area contributed by atoms with Crippen molar-refractivity contribution in [2.24, 2.45) is 11.8 Å². The number of carbonyl (C=O) groups excluding carboxylic acids is 2. The van der Waals surface area contributed by atoms with Crippen molar-refractivity contribution >= 4 is 12.1 Å². The first kappa shape index (κ1) is 15.8. The topological polar surface area (TPSA) is 55.8 Å². The third-order valence-electron chi connectivity index (χ3n) is 3.30. The van der Waals surface area contributed by atoms with Gasteiger partial charge < -0.3 is 14.4 Å². The summed E-state index contributed by atoms with van der Waals surface area (Å²) < 4.78 is 10.2. The lowest BCUT2D eigenvalue weighted by atomic mass is 9.88. The Morgan fingerprint density at radius 3 is 2.37 bits per heavy atom. The van der Waals surface area contributed by atoms with E-state index < -0.39 is 5.60 Å². The Morgan fingerprint density at radius 2 is 1.89 bits per heavy atom. The highest BCUT2D eigenvalue weighted by Gasteiger charge is 2.35. The summed E-state index contributed by atoms with van der Waals surface area (Å²) in [6.07, 6.45) is 1.37. The number of amides is 1. The number of nitrogens with zero attached hydrogens (tertiary/aromatic N) is 1. The van der Waals surface area contributed by atoms with Gasteiger partial charge in [-0.2, -0.15) is 0 Å². The second kappa shape index (κ2) is 6.26. The Labute approximate surface area is 115 Å². The Kier molecular flexibility index (Phi) is 5.20. The van der Waals surface area contributed by atoms with E-state index in [-0.39, 0.29) is 18.0 Å². The molecular weight excluding hydrogens is 246 g/mol. The first-order valence-electron chi connectivity index (χ1n) is 6.82. The monoisotopic (exact) mass is 271 g/mol. The van der Waals surface area contributed by atoms with Gasteiger partial charge in [-0.1, -0.05) is 13.3 Å². The van der Waals surface area contributed by atoms with Crippen molar-refractivity contribution in [3.63, 3.8) is 0 Å². The maximum Gasteiger partial charge on any atom is 0.410 e. The Hall–Kier alpha value is -1.26. The lowest BCUT2D eigenvalue weighted by Crippen LogP contribution is -2.48. The van der Waals surface area contributed by atoms with Crippen molar-refractivity contribution in [1.82, 2.24) is 4.90 Å². The number of hydrogen-bond acceptors (Lipinski definition) is 4. The van der Waals surface area contributed by atoms with Crippen LogP contribution >= 0.6 is 0 Å². The van der Waals surface area contributed by atoms with Crippen molar-refractivity contribution in [1.29, 1.82) is 0 Å². The standard InChI is InChI=1S/C14H25NO4/c1-6-10-7-11(12(16)18-5)9-15(8-10)13(17)19-14(2,3)4/h10-11H,6-9H2,1-5H3/t10-,11-/m1/s1. The van der Waals surface area contributed by atoms with Crippen LogP contribution in [0.5, 0.6) is 0 Å². The van der Waals surface area contributed by atoms with Crippen LogP contribution in [0.3, 0.4) is 0 Å². The molecule has 1 saturated heterocycles. The highest BCUT2D eigenvalue weighted by atomic mass is 16.6. The van der Waals surface area contributed by atoms with Gasteiger partial charge in [0.1, 0.15) is 5.60 Å². The van der Waals surface area contributed by atoms with Gasteiger partial charge in [0.05, 0.1) is 13.0 Å². The van der Waals surface area contributed by atoms with Crippen LogP contribution in [0.15, 0.2) is 0 Å². The average molecular weight is 271 g/mol. The number of hydrogen-bond donors (Lipinski definition) is 0. The molecule has 5 heteroatoms. The van der Waals surface area contributed by atoms with E-state index in [4.69, 9.17) is 9.47 Å².